The molecule has 44 heavy (non-hydrogen) atoms. The van der Waals surface area contributed by atoms with Crippen LogP contribution in [0.3, 0.4) is 0 Å². The van der Waals surface area contributed by atoms with E-state index in [-0.39, 0.29) is 45.7 Å². The van der Waals surface area contributed by atoms with Gasteiger partial charge in [-0.3, -0.25) is 0 Å². The largest absolute Gasteiger partial charge is 0.508 e. The van der Waals surface area contributed by atoms with Crippen LogP contribution in [0.4, 0.5) is 0 Å². The number of fused-ring (bicyclic) bond motifs is 1. The summed E-state index contributed by atoms with van der Waals surface area (Å²) in [6.07, 6.45) is -14.1. The fourth-order valence-corrected chi connectivity index (χ4v) is 5.18. The Bertz CT molecular complexity index is 1340. The number of phenols is 1. The van der Waals surface area contributed by atoms with E-state index in [2.05, 4.69) is 0 Å². The van der Waals surface area contributed by atoms with Crippen molar-refractivity contribution < 1.29 is 79.5 Å². The molecule has 2 saturated heterocycles. The summed E-state index contributed by atoms with van der Waals surface area (Å²) in [4.78, 5) is 0. The van der Waals surface area contributed by atoms with Crippen molar-refractivity contribution in [3.8, 4) is 11.5 Å². The maximum atomic E-state index is 11.0. The van der Waals surface area contributed by atoms with E-state index >= 15 is 0 Å². The fourth-order valence-electron chi connectivity index (χ4n) is 5.18. The van der Waals surface area contributed by atoms with Gasteiger partial charge in [-0.1, -0.05) is 0 Å². The highest BCUT2D eigenvalue weighted by molar-refractivity contribution is 5.70. The number of methoxy groups -OCH3 is 1. The maximum absolute atomic E-state index is 11.0. The van der Waals surface area contributed by atoms with Gasteiger partial charge in [-0.2, -0.15) is 0 Å². The first-order valence-electron chi connectivity index (χ1n) is 13.5. The Labute approximate surface area is 249 Å². The summed E-state index contributed by atoms with van der Waals surface area (Å²) < 4.78 is 34.2. The molecule has 1 aliphatic carbocycles. The van der Waals surface area contributed by atoms with Crippen LogP contribution < -0.4 is 4.74 Å². The molecule has 1 unspecified atom stereocenters. The van der Waals surface area contributed by atoms with Gasteiger partial charge in [0, 0.05) is 23.3 Å². The van der Waals surface area contributed by atoms with Gasteiger partial charge in [0.2, 0.25) is 6.29 Å². The van der Waals surface area contributed by atoms with Crippen LogP contribution >= 0.6 is 0 Å². The van der Waals surface area contributed by atoms with Gasteiger partial charge in [0.1, 0.15) is 60.4 Å². The normalized spacial score (nSPS) is 37.3. The second-order valence-corrected chi connectivity index (χ2v) is 10.5. The predicted molar refractivity (Wildman–Crippen MR) is 143 cm³/mol. The van der Waals surface area contributed by atoms with Crippen molar-refractivity contribution in [2.24, 2.45) is 0 Å². The minimum absolute atomic E-state index is 0.0212. The average Bonchev–Trinajstić information content (AvgIpc) is 3.00. The summed E-state index contributed by atoms with van der Waals surface area (Å²) >= 11 is 0. The van der Waals surface area contributed by atoms with Crippen LogP contribution in [0.25, 0.3) is 5.76 Å². The van der Waals surface area contributed by atoms with Gasteiger partial charge >= 0.3 is 0 Å². The number of ether oxygens (including phenoxy) is 6. The molecule has 5 rings (SSSR count). The van der Waals surface area contributed by atoms with E-state index in [0.717, 1.165) is 6.08 Å². The third-order valence-electron chi connectivity index (χ3n) is 7.61. The first-order chi connectivity index (χ1) is 21.0. The summed E-state index contributed by atoms with van der Waals surface area (Å²) in [7, 11) is 1.33. The molecule has 0 amide bonds. The van der Waals surface area contributed by atoms with Crippen molar-refractivity contribution in [1.29, 1.82) is 0 Å². The quantitative estimate of drug-likeness (QED) is 0.149. The van der Waals surface area contributed by atoms with Gasteiger partial charge in [-0.15, -0.1) is 0 Å². The number of aliphatic hydroxyl groups is 9. The molecule has 1 aromatic rings. The van der Waals surface area contributed by atoms with Gasteiger partial charge < -0.3 is 79.5 Å². The Hall–Kier alpha value is -3.42. The third kappa shape index (κ3) is 5.96. The third-order valence-corrected chi connectivity index (χ3v) is 7.61. The number of rotatable bonds is 8. The van der Waals surface area contributed by atoms with Gasteiger partial charge in [-0.25, -0.2) is 0 Å². The van der Waals surface area contributed by atoms with E-state index in [0.29, 0.717) is 0 Å². The van der Waals surface area contributed by atoms with Crippen molar-refractivity contribution >= 4 is 5.76 Å². The molecule has 11 atom stereocenters. The molecule has 0 aromatic heterocycles. The molecule has 16 heteroatoms. The van der Waals surface area contributed by atoms with Crippen LogP contribution in [0.1, 0.15) is 5.56 Å². The van der Waals surface area contributed by atoms with Gasteiger partial charge in [0.05, 0.1) is 20.3 Å². The molecular weight excluding hydrogens is 592 g/mol. The van der Waals surface area contributed by atoms with E-state index in [1.165, 1.54) is 37.5 Å². The lowest BCUT2D eigenvalue weighted by molar-refractivity contribution is -0.363. The van der Waals surface area contributed by atoms with Gasteiger partial charge in [-0.05, 0) is 24.3 Å². The minimum Gasteiger partial charge on any atom is -0.508 e. The Morgan fingerprint density at radius 2 is 1.45 bits per heavy atom. The molecule has 10 N–H and O–H groups in total. The van der Waals surface area contributed by atoms with Crippen molar-refractivity contribution in [3.05, 3.63) is 64.8 Å². The van der Waals surface area contributed by atoms with Crippen LogP contribution in [0.2, 0.25) is 0 Å². The number of aliphatic hydroxyl groups excluding tert-OH is 9. The molecule has 4 aliphatic rings. The highest BCUT2D eigenvalue weighted by Gasteiger charge is 2.51. The highest BCUT2D eigenvalue weighted by atomic mass is 16.8. The van der Waals surface area contributed by atoms with Crippen molar-refractivity contribution in [2.45, 2.75) is 67.5 Å². The molecule has 3 aliphatic heterocycles. The van der Waals surface area contributed by atoms with Crippen molar-refractivity contribution in [3.63, 3.8) is 0 Å². The number of benzene rings is 1. The molecule has 242 valence electrons. The molecule has 16 nitrogen and oxygen atoms in total. The Kier molecular flexibility index (Phi) is 9.38. The topological polar surface area (TPSA) is 258 Å². The standard InChI is InChI=1S/C28H34O16/c1-39-16-4-10(2-3-13(16)32)25-17(7-12-14(33)5-11(31)6-15(12)40-25)41-28-26(23(37)21(35)19(9-30)43-28)44-27-24(38)22(36)20(34)18(8-29)42-27/h2-7,15,18-24,26-38H,8-9H2,1H3/t15?,18-,19-,20-,21-,22+,23+,24-,26+,27+,28+/m1/s1. The van der Waals surface area contributed by atoms with Crippen molar-refractivity contribution in [2.75, 3.05) is 20.3 Å². The number of phenolic OH excluding ortho intramolecular Hbond substituents is 1. The number of allylic oxidation sites excluding steroid dienone is 2. The number of aromatic hydroxyl groups is 1. The van der Waals surface area contributed by atoms with Crippen LogP contribution in [-0.2, 0) is 23.7 Å². The van der Waals surface area contributed by atoms with E-state index in [1.807, 2.05) is 0 Å². The Morgan fingerprint density at radius 1 is 0.795 bits per heavy atom. The second-order valence-electron chi connectivity index (χ2n) is 10.5. The van der Waals surface area contributed by atoms with Gasteiger partial charge in [0.15, 0.2) is 35.4 Å². The SMILES string of the molecule is COc1cc(C2=C(O[C@H]3O[C@H](CO)[C@@H](O)[C@H](O)[C@@H]3O[C@@H]3O[C@H](CO)[C@@H](O)[C@H](O)[C@H]3O)C=C3C(O)=CC(O)=CC3O2)ccc1O. The first-order valence-corrected chi connectivity index (χ1v) is 13.5. The molecule has 2 fully saturated rings. The smallest absolute Gasteiger partial charge is 0.229 e. The molecule has 0 radical (unpaired) electrons. The zero-order chi connectivity index (χ0) is 31.9. The first kappa shape index (κ1) is 32.0. The van der Waals surface area contributed by atoms with Crippen molar-refractivity contribution in [1.82, 2.24) is 0 Å². The molecule has 1 aromatic carbocycles. The van der Waals surface area contributed by atoms with Gasteiger partial charge in [0.25, 0.3) is 0 Å². The van der Waals surface area contributed by atoms with Crippen LogP contribution in [0.15, 0.2) is 59.3 Å². The fraction of sp³-hybridized carbons (Fsp3) is 0.500. The summed E-state index contributed by atoms with van der Waals surface area (Å²) in [6, 6.07) is 4.18. The second kappa shape index (κ2) is 12.9. The van der Waals surface area contributed by atoms with Crippen LogP contribution in [0.5, 0.6) is 11.5 Å². The maximum Gasteiger partial charge on any atom is 0.229 e. The zero-order valence-corrected chi connectivity index (χ0v) is 23.2. The number of hydrogen-bond acceptors (Lipinski definition) is 16. The molecule has 0 saturated carbocycles. The Balaban J connectivity index is 1.54. The molecule has 0 bridgehead atoms. The highest BCUT2D eigenvalue weighted by Crippen LogP contribution is 2.40. The number of hydrogen-bond donors (Lipinski definition) is 10. The van der Waals surface area contributed by atoms with E-state index < -0.39 is 80.7 Å². The zero-order valence-electron chi connectivity index (χ0n) is 23.2. The average molecular weight is 627 g/mol. The molecular formula is C28H34O16. The van der Waals surface area contributed by atoms with Crippen LogP contribution in [0, 0.1) is 0 Å². The monoisotopic (exact) mass is 626 g/mol. The predicted octanol–water partition coefficient (Wildman–Crippen LogP) is -2.07. The molecule has 3 heterocycles. The van der Waals surface area contributed by atoms with E-state index in [4.69, 9.17) is 28.4 Å². The lowest BCUT2D eigenvalue weighted by atomic mass is 9.96. The lowest BCUT2D eigenvalue weighted by Gasteiger charge is -2.46. The molecule has 0 spiro atoms. The summed E-state index contributed by atoms with van der Waals surface area (Å²) in [5.74, 6) is -0.926. The summed E-state index contributed by atoms with van der Waals surface area (Å²) in [5.41, 5.74) is 0.433. The summed E-state index contributed by atoms with van der Waals surface area (Å²) in [5, 5.41) is 102. The lowest BCUT2D eigenvalue weighted by Crippen LogP contribution is -2.64. The van der Waals surface area contributed by atoms with E-state index in [9.17, 15) is 51.1 Å². The Morgan fingerprint density at radius 3 is 2.11 bits per heavy atom. The van der Waals surface area contributed by atoms with Crippen LogP contribution in [-0.4, -0.2) is 139 Å². The summed E-state index contributed by atoms with van der Waals surface area (Å²) in [6.45, 7) is -1.53. The minimum atomic E-state index is -1.88. The van der Waals surface area contributed by atoms with E-state index in [1.54, 1.807) is 0 Å².